The normalized spacial score (nSPS) is 13.8. The highest BCUT2D eigenvalue weighted by Crippen LogP contribution is 2.29. The van der Waals surface area contributed by atoms with E-state index in [1.165, 1.54) is 12.7 Å². The molecule has 0 saturated carbocycles. The molecule has 1 rings (SSSR count). The second-order valence-corrected chi connectivity index (χ2v) is 5.67. The topological polar surface area (TPSA) is 38.3 Å². The summed E-state index contributed by atoms with van der Waals surface area (Å²) in [5, 5.41) is 3.84. The van der Waals surface area contributed by atoms with E-state index in [-0.39, 0.29) is 5.97 Å². The predicted molar refractivity (Wildman–Crippen MR) is 81.4 cm³/mol. The van der Waals surface area contributed by atoms with Crippen molar-refractivity contribution >= 4 is 17.7 Å². The van der Waals surface area contributed by atoms with Crippen molar-refractivity contribution in [2.75, 3.05) is 19.9 Å². The van der Waals surface area contributed by atoms with Crippen molar-refractivity contribution in [2.24, 2.45) is 0 Å². The van der Waals surface area contributed by atoms with Crippen LogP contribution in [0, 0.1) is 0 Å². The van der Waals surface area contributed by atoms with Gasteiger partial charge in [0.2, 0.25) is 0 Å². The number of nitrogens with one attached hydrogen (secondary N) is 1. The molecule has 0 amide bonds. The van der Waals surface area contributed by atoms with E-state index in [0.717, 1.165) is 12.2 Å². The van der Waals surface area contributed by atoms with Crippen LogP contribution in [-0.4, -0.2) is 31.1 Å². The molecule has 4 heteroatoms. The lowest BCUT2D eigenvalue weighted by atomic mass is 10.0. The maximum atomic E-state index is 11.1. The van der Waals surface area contributed by atoms with Gasteiger partial charge in [0.05, 0.1) is 13.5 Å². The summed E-state index contributed by atoms with van der Waals surface area (Å²) in [5.41, 5.74) is 1.29. The summed E-state index contributed by atoms with van der Waals surface area (Å²) < 4.78 is 4.67. The Balaban J connectivity index is 2.58. The molecular weight excluding hydrogens is 258 g/mol. The minimum Gasteiger partial charge on any atom is -0.469 e. The molecular formula is C15H23NO2S. The molecule has 0 aromatic heterocycles. The Hall–Kier alpha value is -1.00. The lowest BCUT2D eigenvalue weighted by molar-refractivity contribution is -0.140. The summed E-state index contributed by atoms with van der Waals surface area (Å²) in [6, 6.07) is 10.8. The van der Waals surface area contributed by atoms with Gasteiger partial charge in [-0.2, -0.15) is 11.8 Å². The van der Waals surface area contributed by atoms with Crippen LogP contribution in [0.5, 0.6) is 0 Å². The molecule has 1 aromatic carbocycles. The molecule has 0 spiro atoms. The number of hydrogen-bond donors (Lipinski definition) is 1. The molecule has 3 nitrogen and oxygen atoms in total. The molecule has 1 aromatic rings. The highest BCUT2D eigenvalue weighted by molar-refractivity contribution is 7.99. The molecule has 0 aliphatic carbocycles. The van der Waals surface area contributed by atoms with Gasteiger partial charge in [-0.3, -0.25) is 4.79 Å². The highest BCUT2D eigenvalue weighted by Gasteiger charge is 2.20. The minimum atomic E-state index is -0.136. The molecule has 106 valence electrons. The van der Waals surface area contributed by atoms with Gasteiger partial charge in [0.25, 0.3) is 0 Å². The lowest BCUT2D eigenvalue weighted by Gasteiger charge is -2.26. The van der Waals surface area contributed by atoms with Crippen LogP contribution in [0.15, 0.2) is 30.3 Å². The number of esters is 1. The number of ether oxygens (including phenoxy) is 1. The molecule has 2 unspecified atom stereocenters. The zero-order valence-electron chi connectivity index (χ0n) is 11.9. The predicted octanol–water partition coefficient (Wildman–Crippen LogP) is 3.02. The molecule has 0 radical (unpaired) electrons. The summed E-state index contributed by atoms with van der Waals surface area (Å²) in [7, 11) is 3.42. The van der Waals surface area contributed by atoms with Crippen LogP contribution in [0.3, 0.4) is 0 Å². The van der Waals surface area contributed by atoms with Gasteiger partial charge in [-0.05, 0) is 19.0 Å². The third kappa shape index (κ3) is 5.25. The first-order valence-electron chi connectivity index (χ1n) is 6.63. The fourth-order valence-corrected chi connectivity index (χ4v) is 3.38. The highest BCUT2D eigenvalue weighted by atomic mass is 32.2. The van der Waals surface area contributed by atoms with Gasteiger partial charge in [0, 0.05) is 17.0 Å². The average Bonchev–Trinajstić information content (AvgIpc) is 2.47. The Morgan fingerprint density at radius 3 is 2.58 bits per heavy atom. The monoisotopic (exact) mass is 281 g/mol. The summed E-state index contributed by atoms with van der Waals surface area (Å²) in [5.74, 6) is 0.666. The Bertz CT molecular complexity index is 370. The zero-order valence-corrected chi connectivity index (χ0v) is 12.7. The Labute approximate surface area is 120 Å². The smallest absolute Gasteiger partial charge is 0.306 e. The van der Waals surface area contributed by atoms with E-state index in [4.69, 9.17) is 0 Å². The van der Waals surface area contributed by atoms with Crippen molar-refractivity contribution in [3.05, 3.63) is 35.9 Å². The second-order valence-electron chi connectivity index (χ2n) is 4.32. The standard InChI is InChI=1S/C15H23NO2S/c1-4-13(19-11-10-14(17)18-3)15(16-2)12-8-6-5-7-9-12/h5-9,13,15-16H,4,10-11H2,1-3H3. The van der Waals surface area contributed by atoms with Gasteiger partial charge >= 0.3 is 5.97 Å². The number of methoxy groups -OCH3 is 1. The maximum absolute atomic E-state index is 11.1. The zero-order chi connectivity index (χ0) is 14.1. The minimum absolute atomic E-state index is 0.136. The largest absolute Gasteiger partial charge is 0.469 e. The average molecular weight is 281 g/mol. The van der Waals surface area contributed by atoms with Crippen LogP contribution in [0.1, 0.15) is 31.4 Å². The van der Waals surface area contributed by atoms with E-state index in [2.05, 4.69) is 41.2 Å². The van der Waals surface area contributed by atoms with Gasteiger partial charge in [-0.25, -0.2) is 0 Å². The van der Waals surface area contributed by atoms with Gasteiger partial charge < -0.3 is 10.1 Å². The van der Waals surface area contributed by atoms with Crippen LogP contribution in [-0.2, 0) is 9.53 Å². The fraction of sp³-hybridized carbons (Fsp3) is 0.533. The second kappa shape index (κ2) is 8.99. The molecule has 0 aliphatic rings. The van der Waals surface area contributed by atoms with Crippen LogP contribution >= 0.6 is 11.8 Å². The van der Waals surface area contributed by atoms with Gasteiger partial charge in [0.15, 0.2) is 0 Å². The van der Waals surface area contributed by atoms with Crippen molar-refractivity contribution in [1.29, 1.82) is 0 Å². The fourth-order valence-electron chi connectivity index (χ4n) is 2.07. The SMILES string of the molecule is CCC(SCCC(=O)OC)C(NC)c1ccccc1. The third-order valence-corrected chi connectivity index (χ3v) is 4.58. The van der Waals surface area contributed by atoms with Crippen molar-refractivity contribution in [2.45, 2.75) is 31.1 Å². The summed E-state index contributed by atoms with van der Waals surface area (Å²) in [4.78, 5) is 11.1. The van der Waals surface area contributed by atoms with E-state index in [1.807, 2.05) is 24.9 Å². The molecule has 0 bridgehead atoms. The number of carbonyl (C=O) groups excluding carboxylic acids is 1. The van der Waals surface area contributed by atoms with Gasteiger partial charge in [-0.1, -0.05) is 37.3 Å². The molecule has 0 heterocycles. The molecule has 0 saturated heterocycles. The van der Waals surface area contributed by atoms with Crippen molar-refractivity contribution in [3.63, 3.8) is 0 Å². The summed E-state index contributed by atoms with van der Waals surface area (Å²) >= 11 is 1.83. The van der Waals surface area contributed by atoms with Gasteiger partial charge in [-0.15, -0.1) is 0 Å². The van der Waals surface area contributed by atoms with E-state index in [1.54, 1.807) is 0 Å². The van der Waals surface area contributed by atoms with Gasteiger partial charge in [0.1, 0.15) is 0 Å². The molecule has 1 N–H and O–H groups in total. The van der Waals surface area contributed by atoms with Crippen molar-refractivity contribution in [1.82, 2.24) is 5.32 Å². The summed E-state index contributed by atoms with van der Waals surface area (Å²) in [6.45, 7) is 2.18. The lowest BCUT2D eigenvalue weighted by Crippen LogP contribution is -2.27. The molecule has 19 heavy (non-hydrogen) atoms. The molecule has 2 atom stereocenters. The maximum Gasteiger partial charge on any atom is 0.306 e. The first-order valence-corrected chi connectivity index (χ1v) is 7.68. The third-order valence-electron chi connectivity index (χ3n) is 3.11. The Morgan fingerprint density at radius 2 is 2.05 bits per heavy atom. The molecule has 0 aliphatic heterocycles. The number of benzene rings is 1. The number of thioether (sulfide) groups is 1. The first kappa shape index (κ1) is 16.1. The Morgan fingerprint density at radius 1 is 1.37 bits per heavy atom. The van der Waals surface area contributed by atoms with E-state index >= 15 is 0 Å². The van der Waals surface area contributed by atoms with Crippen LogP contribution in [0.4, 0.5) is 0 Å². The van der Waals surface area contributed by atoms with E-state index in [9.17, 15) is 4.79 Å². The first-order chi connectivity index (χ1) is 9.22. The number of rotatable bonds is 8. The Kier molecular flexibility index (Phi) is 7.60. The summed E-state index contributed by atoms with van der Waals surface area (Å²) in [6.07, 6.45) is 1.54. The van der Waals surface area contributed by atoms with E-state index < -0.39 is 0 Å². The quantitative estimate of drug-likeness (QED) is 0.743. The van der Waals surface area contributed by atoms with Crippen LogP contribution in [0.25, 0.3) is 0 Å². The van der Waals surface area contributed by atoms with Crippen molar-refractivity contribution in [3.8, 4) is 0 Å². The van der Waals surface area contributed by atoms with Crippen LogP contribution in [0.2, 0.25) is 0 Å². The van der Waals surface area contributed by atoms with E-state index in [0.29, 0.717) is 17.7 Å². The number of carbonyl (C=O) groups is 1. The van der Waals surface area contributed by atoms with Crippen LogP contribution < -0.4 is 5.32 Å². The molecule has 0 fully saturated rings. The number of hydrogen-bond acceptors (Lipinski definition) is 4. The van der Waals surface area contributed by atoms with Crippen molar-refractivity contribution < 1.29 is 9.53 Å².